The second-order valence-electron chi connectivity index (χ2n) is 6.60. The smallest absolute Gasteiger partial charge is 0.229 e. The van der Waals surface area contributed by atoms with Crippen LogP contribution in [0.2, 0.25) is 0 Å². The van der Waals surface area contributed by atoms with E-state index < -0.39 is 0 Å². The predicted molar refractivity (Wildman–Crippen MR) is 85.4 cm³/mol. The maximum atomic E-state index is 13.0. The van der Waals surface area contributed by atoms with Crippen LogP contribution < -0.4 is 10.2 Å². The van der Waals surface area contributed by atoms with Crippen LogP contribution in [0.15, 0.2) is 24.3 Å². The van der Waals surface area contributed by atoms with E-state index in [9.17, 15) is 9.18 Å². The van der Waals surface area contributed by atoms with Crippen LogP contribution in [0.5, 0.6) is 0 Å². The van der Waals surface area contributed by atoms with E-state index in [0.29, 0.717) is 0 Å². The maximum absolute atomic E-state index is 13.0. The molecule has 5 heteroatoms. The molecule has 1 aromatic rings. The first-order chi connectivity index (χ1) is 10.6. The first-order valence-electron chi connectivity index (χ1n) is 8.09. The Morgan fingerprint density at radius 2 is 1.86 bits per heavy atom. The fourth-order valence-electron chi connectivity index (χ4n) is 3.44. The van der Waals surface area contributed by atoms with Crippen LogP contribution >= 0.6 is 0 Å². The number of halogens is 1. The molecule has 4 nitrogen and oxygen atoms in total. The number of hydrogen-bond acceptors (Lipinski definition) is 3. The molecule has 2 fully saturated rings. The highest BCUT2D eigenvalue weighted by atomic mass is 19.1. The zero-order chi connectivity index (χ0) is 15.6. The lowest BCUT2D eigenvalue weighted by Gasteiger charge is -2.42. The molecule has 0 aliphatic carbocycles. The van der Waals surface area contributed by atoms with Gasteiger partial charge in [0.2, 0.25) is 5.91 Å². The van der Waals surface area contributed by atoms with Crippen LogP contribution in [0.25, 0.3) is 0 Å². The first kappa shape index (κ1) is 15.3. The third-order valence-corrected chi connectivity index (χ3v) is 4.87. The van der Waals surface area contributed by atoms with Crippen molar-refractivity contribution in [2.75, 3.05) is 44.2 Å². The Balaban J connectivity index is 1.59. The number of amides is 1. The molecule has 0 bridgehead atoms. The van der Waals surface area contributed by atoms with Gasteiger partial charge in [-0.05, 0) is 50.6 Å². The summed E-state index contributed by atoms with van der Waals surface area (Å²) in [5.74, 6) is 0.0637. The largest absolute Gasteiger partial charge is 0.368 e. The number of carbonyl (C=O) groups is 1. The lowest BCUT2D eigenvalue weighted by Crippen LogP contribution is -2.55. The highest BCUT2D eigenvalue weighted by molar-refractivity contribution is 5.83. The third-order valence-electron chi connectivity index (χ3n) is 4.87. The maximum Gasteiger partial charge on any atom is 0.229 e. The normalized spacial score (nSPS) is 26.1. The Hall–Kier alpha value is -1.62. The topological polar surface area (TPSA) is 35.6 Å². The van der Waals surface area contributed by atoms with E-state index in [1.54, 1.807) is 12.1 Å². The molecule has 22 heavy (non-hydrogen) atoms. The number of carbonyl (C=O) groups excluding carboxylic acids is 1. The van der Waals surface area contributed by atoms with Gasteiger partial charge in [0.1, 0.15) is 5.82 Å². The van der Waals surface area contributed by atoms with Crippen LogP contribution in [-0.2, 0) is 4.79 Å². The van der Waals surface area contributed by atoms with E-state index in [0.717, 1.165) is 57.8 Å². The number of hydrogen-bond donors (Lipinski definition) is 1. The minimum Gasteiger partial charge on any atom is -0.368 e. The van der Waals surface area contributed by atoms with Gasteiger partial charge in [-0.15, -0.1) is 0 Å². The zero-order valence-corrected chi connectivity index (χ0v) is 13.1. The van der Waals surface area contributed by atoms with E-state index in [2.05, 4.69) is 17.1 Å². The number of nitrogens with one attached hydrogen (secondary N) is 1. The molecule has 2 heterocycles. The summed E-state index contributed by atoms with van der Waals surface area (Å²) in [6.07, 6.45) is 2.04. The molecule has 0 spiro atoms. The monoisotopic (exact) mass is 305 g/mol. The summed E-state index contributed by atoms with van der Waals surface area (Å²) in [6.45, 7) is 6.97. The quantitative estimate of drug-likeness (QED) is 0.906. The summed E-state index contributed by atoms with van der Waals surface area (Å²) in [4.78, 5) is 17.0. The van der Waals surface area contributed by atoms with E-state index in [-0.39, 0.29) is 17.1 Å². The Labute approximate surface area is 131 Å². The summed E-state index contributed by atoms with van der Waals surface area (Å²) in [7, 11) is 0. The molecular weight excluding hydrogens is 281 g/mol. The van der Waals surface area contributed by atoms with Crippen molar-refractivity contribution < 1.29 is 9.18 Å². The van der Waals surface area contributed by atoms with Gasteiger partial charge in [-0.2, -0.15) is 0 Å². The van der Waals surface area contributed by atoms with Crippen molar-refractivity contribution in [3.63, 3.8) is 0 Å². The number of benzene rings is 1. The van der Waals surface area contributed by atoms with E-state index in [1.807, 2.05) is 4.90 Å². The molecule has 0 radical (unpaired) electrons. The molecule has 2 aliphatic rings. The molecule has 2 saturated heterocycles. The summed E-state index contributed by atoms with van der Waals surface area (Å²) in [5.41, 5.74) is 0.773. The van der Waals surface area contributed by atoms with Crippen molar-refractivity contribution >= 4 is 11.6 Å². The van der Waals surface area contributed by atoms with Gasteiger partial charge in [0.05, 0.1) is 5.41 Å². The average Bonchev–Trinajstić information content (AvgIpc) is 2.56. The average molecular weight is 305 g/mol. The number of nitrogens with zero attached hydrogens (tertiary/aromatic N) is 2. The molecule has 1 unspecified atom stereocenters. The number of anilines is 1. The molecule has 3 rings (SSSR count). The van der Waals surface area contributed by atoms with E-state index in [4.69, 9.17) is 0 Å². The van der Waals surface area contributed by atoms with Crippen molar-refractivity contribution in [1.29, 1.82) is 0 Å². The molecule has 120 valence electrons. The van der Waals surface area contributed by atoms with Crippen molar-refractivity contribution in [1.82, 2.24) is 10.2 Å². The van der Waals surface area contributed by atoms with Crippen molar-refractivity contribution in [2.24, 2.45) is 5.41 Å². The van der Waals surface area contributed by atoms with Crippen LogP contribution in [0, 0.1) is 11.2 Å². The van der Waals surface area contributed by atoms with Gasteiger partial charge in [-0.1, -0.05) is 0 Å². The number of piperazine rings is 1. The summed E-state index contributed by atoms with van der Waals surface area (Å²) >= 11 is 0. The lowest BCUT2D eigenvalue weighted by atomic mass is 9.81. The molecule has 1 amide bonds. The molecule has 0 aromatic heterocycles. The Kier molecular flexibility index (Phi) is 4.34. The summed E-state index contributed by atoms with van der Waals surface area (Å²) in [6, 6.07) is 6.58. The van der Waals surface area contributed by atoms with Gasteiger partial charge in [-0.25, -0.2) is 4.39 Å². The van der Waals surface area contributed by atoms with E-state index >= 15 is 0 Å². The fourth-order valence-corrected chi connectivity index (χ4v) is 3.44. The van der Waals surface area contributed by atoms with Crippen LogP contribution in [0.3, 0.4) is 0 Å². The van der Waals surface area contributed by atoms with Crippen LogP contribution in [-0.4, -0.2) is 50.1 Å². The highest BCUT2D eigenvalue weighted by Gasteiger charge is 2.38. The lowest BCUT2D eigenvalue weighted by molar-refractivity contribution is -0.142. The van der Waals surface area contributed by atoms with Crippen molar-refractivity contribution in [2.45, 2.75) is 19.8 Å². The SMILES string of the molecule is CC1(C(=O)N2CCN(c3ccc(F)cc3)CC2)CCCNC1. The standard InChI is InChI=1S/C17H24FN3O/c1-17(7-2-8-19-13-17)16(22)21-11-9-20(10-12-21)15-5-3-14(18)4-6-15/h3-6,19H,2,7-13H2,1H3. The molecular formula is C17H24FN3O. The van der Waals surface area contributed by atoms with Gasteiger partial charge in [0.15, 0.2) is 0 Å². The Morgan fingerprint density at radius 1 is 1.18 bits per heavy atom. The minimum absolute atomic E-state index is 0.213. The summed E-state index contributed by atoms with van der Waals surface area (Å²) in [5, 5.41) is 3.34. The molecule has 1 N–H and O–H groups in total. The van der Waals surface area contributed by atoms with Gasteiger partial charge in [0, 0.05) is 38.4 Å². The second-order valence-corrected chi connectivity index (χ2v) is 6.60. The predicted octanol–water partition coefficient (Wildman–Crippen LogP) is 1.86. The first-order valence-corrected chi connectivity index (χ1v) is 8.09. The van der Waals surface area contributed by atoms with Gasteiger partial charge < -0.3 is 15.1 Å². The molecule has 0 saturated carbocycles. The second kappa shape index (κ2) is 6.24. The van der Waals surface area contributed by atoms with Gasteiger partial charge >= 0.3 is 0 Å². The van der Waals surface area contributed by atoms with Gasteiger partial charge in [0.25, 0.3) is 0 Å². The number of piperidine rings is 1. The van der Waals surface area contributed by atoms with Gasteiger partial charge in [-0.3, -0.25) is 4.79 Å². The van der Waals surface area contributed by atoms with Crippen molar-refractivity contribution in [3.05, 3.63) is 30.1 Å². The number of rotatable bonds is 2. The third kappa shape index (κ3) is 3.09. The zero-order valence-electron chi connectivity index (χ0n) is 13.1. The molecule has 1 aromatic carbocycles. The Bertz CT molecular complexity index is 517. The van der Waals surface area contributed by atoms with Crippen molar-refractivity contribution in [3.8, 4) is 0 Å². The molecule has 2 aliphatic heterocycles. The summed E-state index contributed by atoms with van der Waals surface area (Å²) < 4.78 is 13.0. The Morgan fingerprint density at radius 3 is 2.45 bits per heavy atom. The fraction of sp³-hybridized carbons (Fsp3) is 0.588. The van der Waals surface area contributed by atoms with E-state index in [1.165, 1.54) is 12.1 Å². The van der Waals surface area contributed by atoms with Crippen LogP contribution in [0.4, 0.5) is 10.1 Å². The molecule has 1 atom stereocenters. The van der Waals surface area contributed by atoms with Crippen LogP contribution in [0.1, 0.15) is 19.8 Å². The minimum atomic E-state index is -0.254. The highest BCUT2D eigenvalue weighted by Crippen LogP contribution is 2.29.